The number of nitrogens with one attached hydrogen (secondary N) is 2. The third kappa shape index (κ3) is 4.48. The fraction of sp³-hybridized carbons (Fsp3) is 0. The summed E-state index contributed by atoms with van der Waals surface area (Å²) in [4.78, 5) is 12.3. The second kappa shape index (κ2) is 7.82. The van der Waals surface area contributed by atoms with E-state index in [1.54, 1.807) is 18.2 Å². The monoisotopic (exact) mass is 434 g/mol. The Balaban J connectivity index is 1.66. The van der Waals surface area contributed by atoms with Gasteiger partial charge in [0.05, 0.1) is 5.02 Å². The zero-order valence-corrected chi connectivity index (χ0v) is 15.9. The summed E-state index contributed by atoms with van der Waals surface area (Å²) in [6, 6.07) is 18.0. The average Bonchev–Trinajstić information content (AvgIpc) is 3.07. The highest BCUT2D eigenvalue weighted by molar-refractivity contribution is 9.10. The number of carbonyl (C=O) groups excluding carboxylic acids is 1. The van der Waals surface area contributed by atoms with Crippen molar-refractivity contribution in [2.75, 3.05) is 5.32 Å². The van der Waals surface area contributed by atoms with Gasteiger partial charge in [-0.15, -0.1) is 0 Å². The lowest BCUT2D eigenvalue weighted by Crippen LogP contribution is -2.33. The Morgan fingerprint density at radius 2 is 1.76 bits per heavy atom. The quantitative estimate of drug-likeness (QED) is 0.534. The number of anilines is 1. The Morgan fingerprint density at radius 3 is 2.48 bits per heavy atom. The maximum atomic E-state index is 12.3. The van der Waals surface area contributed by atoms with Crippen LogP contribution in [0.15, 0.2) is 69.6 Å². The van der Waals surface area contributed by atoms with Crippen molar-refractivity contribution in [3.05, 3.63) is 75.9 Å². The molecule has 3 aromatic rings. The van der Waals surface area contributed by atoms with Crippen LogP contribution in [0.5, 0.6) is 0 Å². The summed E-state index contributed by atoms with van der Waals surface area (Å²) in [5.41, 5.74) is 1.49. The first-order valence-electron chi connectivity index (χ1n) is 7.25. The highest BCUT2D eigenvalue weighted by Gasteiger charge is 2.15. The van der Waals surface area contributed by atoms with Crippen LogP contribution in [-0.2, 0) is 0 Å². The van der Waals surface area contributed by atoms with Crippen molar-refractivity contribution in [3.63, 3.8) is 0 Å². The third-order valence-electron chi connectivity index (χ3n) is 3.30. The summed E-state index contributed by atoms with van der Waals surface area (Å²) < 4.78 is 6.54. The molecule has 0 atom stereocenters. The largest absolute Gasteiger partial charge is 0.451 e. The minimum Gasteiger partial charge on any atom is -0.451 e. The normalized spacial score (nSPS) is 10.3. The Kier molecular flexibility index (Phi) is 5.53. The van der Waals surface area contributed by atoms with Gasteiger partial charge in [0.1, 0.15) is 5.76 Å². The zero-order chi connectivity index (χ0) is 17.8. The van der Waals surface area contributed by atoms with Crippen LogP contribution < -0.4 is 10.6 Å². The van der Waals surface area contributed by atoms with E-state index < -0.39 is 5.91 Å². The average molecular weight is 436 g/mol. The van der Waals surface area contributed by atoms with Crippen LogP contribution in [0.4, 0.5) is 5.69 Å². The molecular formula is C18H12BrClN2O2S. The molecule has 0 saturated heterocycles. The third-order valence-corrected chi connectivity index (χ3v) is 4.36. The highest BCUT2D eigenvalue weighted by atomic mass is 79.9. The summed E-state index contributed by atoms with van der Waals surface area (Å²) in [5, 5.41) is 6.25. The molecule has 0 saturated carbocycles. The minimum atomic E-state index is -0.437. The standard InChI is InChI=1S/C18H12BrClN2O2S/c19-11-5-7-12(8-6-11)21-18(25)22-17(23)16-10-9-15(24-16)13-3-1-2-4-14(13)20/h1-10H,(H2,21,22,23,25). The van der Waals surface area contributed by atoms with Gasteiger partial charge in [-0.3, -0.25) is 10.1 Å². The van der Waals surface area contributed by atoms with Gasteiger partial charge in [0.15, 0.2) is 10.9 Å². The van der Waals surface area contributed by atoms with E-state index in [0.717, 1.165) is 15.7 Å². The fourth-order valence-electron chi connectivity index (χ4n) is 2.13. The van der Waals surface area contributed by atoms with E-state index in [2.05, 4.69) is 26.6 Å². The van der Waals surface area contributed by atoms with Gasteiger partial charge in [0.25, 0.3) is 5.91 Å². The van der Waals surface area contributed by atoms with Gasteiger partial charge in [-0.2, -0.15) is 0 Å². The van der Waals surface area contributed by atoms with Crippen molar-refractivity contribution >= 4 is 56.5 Å². The number of benzene rings is 2. The van der Waals surface area contributed by atoms with Gasteiger partial charge in [0.2, 0.25) is 0 Å². The van der Waals surface area contributed by atoms with Crippen molar-refractivity contribution in [1.82, 2.24) is 5.32 Å². The van der Waals surface area contributed by atoms with Gasteiger partial charge >= 0.3 is 0 Å². The molecule has 126 valence electrons. The lowest BCUT2D eigenvalue weighted by atomic mass is 10.2. The molecule has 25 heavy (non-hydrogen) atoms. The van der Waals surface area contributed by atoms with Crippen molar-refractivity contribution < 1.29 is 9.21 Å². The molecular weight excluding hydrogens is 424 g/mol. The Labute approximate surface area is 163 Å². The highest BCUT2D eigenvalue weighted by Crippen LogP contribution is 2.29. The molecule has 0 bridgehead atoms. The van der Waals surface area contributed by atoms with Crippen molar-refractivity contribution in [2.24, 2.45) is 0 Å². The maximum Gasteiger partial charge on any atom is 0.293 e. The lowest BCUT2D eigenvalue weighted by Gasteiger charge is -2.08. The summed E-state index contributed by atoms with van der Waals surface area (Å²) in [6.07, 6.45) is 0. The van der Waals surface area contributed by atoms with E-state index >= 15 is 0 Å². The summed E-state index contributed by atoms with van der Waals surface area (Å²) in [7, 11) is 0. The molecule has 3 rings (SSSR count). The molecule has 1 heterocycles. The first-order chi connectivity index (χ1) is 12.0. The molecule has 2 aromatic carbocycles. The first-order valence-corrected chi connectivity index (χ1v) is 8.83. The Morgan fingerprint density at radius 1 is 1.04 bits per heavy atom. The van der Waals surface area contributed by atoms with Crippen LogP contribution in [0.3, 0.4) is 0 Å². The molecule has 0 spiro atoms. The zero-order valence-electron chi connectivity index (χ0n) is 12.8. The number of amides is 1. The molecule has 1 aromatic heterocycles. The molecule has 1 amide bonds. The molecule has 0 radical (unpaired) electrons. The molecule has 7 heteroatoms. The molecule has 0 aliphatic carbocycles. The van der Waals surface area contributed by atoms with Gasteiger partial charge < -0.3 is 9.73 Å². The van der Waals surface area contributed by atoms with Crippen LogP contribution in [0.2, 0.25) is 5.02 Å². The van der Waals surface area contributed by atoms with Crippen LogP contribution in [0.1, 0.15) is 10.6 Å². The molecule has 4 nitrogen and oxygen atoms in total. The topological polar surface area (TPSA) is 54.3 Å². The van der Waals surface area contributed by atoms with E-state index in [4.69, 9.17) is 28.2 Å². The van der Waals surface area contributed by atoms with E-state index in [0.29, 0.717) is 10.8 Å². The van der Waals surface area contributed by atoms with E-state index in [9.17, 15) is 4.79 Å². The number of hydrogen-bond donors (Lipinski definition) is 2. The summed E-state index contributed by atoms with van der Waals surface area (Å²) in [5.74, 6) is 0.227. The van der Waals surface area contributed by atoms with Crippen molar-refractivity contribution in [1.29, 1.82) is 0 Å². The van der Waals surface area contributed by atoms with Crippen molar-refractivity contribution in [3.8, 4) is 11.3 Å². The van der Waals surface area contributed by atoms with Crippen molar-refractivity contribution in [2.45, 2.75) is 0 Å². The van der Waals surface area contributed by atoms with Crippen LogP contribution in [-0.4, -0.2) is 11.0 Å². The molecule has 0 aliphatic heterocycles. The van der Waals surface area contributed by atoms with Crippen LogP contribution in [0.25, 0.3) is 11.3 Å². The Hall–Kier alpha value is -2.15. The lowest BCUT2D eigenvalue weighted by molar-refractivity contribution is 0.0951. The molecule has 0 aliphatic rings. The fourth-order valence-corrected chi connectivity index (χ4v) is 2.83. The summed E-state index contributed by atoms with van der Waals surface area (Å²) >= 11 is 14.6. The number of thiocarbonyl (C=S) groups is 1. The number of hydrogen-bond acceptors (Lipinski definition) is 3. The second-order valence-electron chi connectivity index (χ2n) is 5.06. The summed E-state index contributed by atoms with van der Waals surface area (Å²) in [6.45, 7) is 0. The molecule has 2 N–H and O–H groups in total. The van der Waals surface area contributed by atoms with Gasteiger partial charge in [-0.1, -0.05) is 39.7 Å². The predicted octanol–water partition coefficient (Wildman–Crippen LogP) is 5.49. The van der Waals surface area contributed by atoms with Gasteiger partial charge in [-0.25, -0.2) is 0 Å². The van der Waals surface area contributed by atoms with Crippen LogP contribution in [0, 0.1) is 0 Å². The minimum absolute atomic E-state index is 0.148. The number of rotatable bonds is 3. The van der Waals surface area contributed by atoms with Gasteiger partial charge in [-0.05, 0) is 60.7 Å². The van der Waals surface area contributed by atoms with E-state index in [-0.39, 0.29) is 10.9 Å². The molecule has 0 fully saturated rings. The van der Waals surface area contributed by atoms with E-state index in [1.807, 2.05) is 42.5 Å². The second-order valence-corrected chi connectivity index (χ2v) is 6.79. The predicted molar refractivity (Wildman–Crippen MR) is 107 cm³/mol. The maximum absolute atomic E-state index is 12.3. The smallest absolute Gasteiger partial charge is 0.293 e. The van der Waals surface area contributed by atoms with Gasteiger partial charge in [0, 0.05) is 15.7 Å². The SMILES string of the molecule is O=C(NC(=S)Nc1ccc(Br)cc1)c1ccc(-c2ccccc2Cl)o1. The number of halogens is 2. The van der Waals surface area contributed by atoms with Crippen LogP contribution >= 0.6 is 39.7 Å². The Bertz CT molecular complexity index is 925. The number of carbonyl (C=O) groups is 1. The van der Waals surface area contributed by atoms with E-state index in [1.165, 1.54) is 0 Å². The molecule has 0 unspecified atom stereocenters. The number of furan rings is 1. The first kappa shape index (κ1) is 17.7.